The quantitative estimate of drug-likeness (QED) is 0.881. The van der Waals surface area contributed by atoms with Crippen molar-refractivity contribution < 1.29 is 19.1 Å². The molecule has 2 N–H and O–H groups in total. The first-order valence-electron chi connectivity index (χ1n) is 8.95. The molecule has 26 heavy (non-hydrogen) atoms. The number of benzene rings is 1. The first-order chi connectivity index (χ1) is 12.6. The van der Waals surface area contributed by atoms with E-state index >= 15 is 0 Å². The number of aryl methyl sites for hydroxylation is 1. The molecule has 1 aliphatic carbocycles. The number of hydrogen-bond donors (Lipinski definition) is 1. The van der Waals surface area contributed by atoms with Crippen LogP contribution in [0.5, 0.6) is 5.75 Å². The SMILES string of the molecule is CCc1cc(N)c2c(OC3CCC(COC)CC3)cccc2n1.O=C=O. The smallest absolute Gasteiger partial charge is 0.373 e. The van der Waals surface area contributed by atoms with Gasteiger partial charge in [0, 0.05) is 25.1 Å². The molecule has 0 atom stereocenters. The van der Waals surface area contributed by atoms with Gasteiger partial charge >= 0.3 is 6.15 Å². The molecule has 0 amide bonds. The summed E-state index contributed by atoms with van der Waals surface area (Å²) < 4.78 is 11.6. The van der Waals surface area contributed by atoms with Crippen molar-refractivity contribution in [2.24, 2.45) is 5.92 Å². The van der Waals surface area contributed by atoms with E-state index in [0.29, 0.717) is 5.92 Å². The average Bonchev–Trinajstić information content (AvgIpc) is 2.64. The molecule has 2 aromatic rings. The van der Waals surface area contributed by atoms with Crippen molar-refractivity contribution in [3.05, 3.63) is 30.0 Å². The van der Waals surface area contributed by atoms with Crippen LogP contribution in [0, 0.1) is 5.92 Å². The minimum atomic E-state index is 0.250. The van der Waals surface area contributed by atoms with Crippen LogP contribution >= 0.6 is 0 Å². The summed E-state index contributed by atoms with van der Waals surface area (Å²) in [7, 11) is 1.78. The van der Waals surface area contributed by atoms with Crippen molar-refractivity contribution in [1.29, 1.82) is 0 Å². The normalized spacial score (nSPS) is 19.3. The molecule has 6 heteroatoms. The third-order valence-corrected chi connectivity index (χ3v) is 4.73. The summed E-state index contributed by atoms with van der Waals surface area (Å²) in [6, 6.07) is 7.98. The van der Waals surface area contributed by atoms with Crippen molar-refractivity contribution in [2.75, 3.05) is 19.5 Å². The van der Waals surface area contributed by atoms with E-state index in [1.807, 2.05) is 24.3 Å². The van der Waals surface area contributed by atoms with Gasteiger partial charge in [0.15, 0.2) is 0 Å². The largest absolute Gasteiger partial charge is 0.490 e. The standard InChI is InChI=1S/C19H26N2O2.CO2/c1-3-14-11-16(20)19-17(21-14)5-4-6-18(19)23-15-9-7-13(8-10-15)12-22-2;2-1-3/h4-6,11,13,15H,3,7-10,12H2,1-2H3,(H2,20,21);. The maximum atomic E-state index is 8.12. The van der Waals surface area contributed by atoms with Crippen LogP contribution in [0.25, 0.3) is 10.9 Å². The zero-order valence-electron chi connectivity index (χ0n) is 15.4. The summed E-state index contributed by atoms with van der Waals surface area (Å²) in [6.07, 6.45) is 5.87. The number of carbonyl (C=O) groups excluding carboxylic acids is 2. The molecule has 0 saturated heterocycles. The molecular weight excluding hydrogens is 332 g/mol. The van der Waals surface area contributed by atoms with Gasteiger partial charge in [0.25, 0.3) is 0 Å². The summed E-state index contributed by atoms with van der Waals surface area (Å²) in [6.45, 7) is 2.95. The average molecular weight is 358 g/mol. The molecule has 1 aromatic heterocycles. The van der Waals surface area contributed by atoms with Crippen LogP contribution in [0.1, 0.15) is 38.3 Å². The number of nitrogens with two attached hydrogens (primary N) is 1. The molecule has 0 unspecified atom stereocenters. The van der Waals surface area contributed by atoms with Crippen LogP contribution in [0.3, 0.4) is 0 Å². The second kappa shape index (κ2) is 9.90. The van der Waals surface area contributed by atoms with E-state index in [1.54, 1.807) is 7.11 Å². The lowest BCUT2D eigenvalue weighted by atomic mass is 9.88. The number of ether oxygens (including phenoxy) is 2. The van der Waals surface area contributed by atoms with Gasteiger partial charge in [0.2, 0.25) is 0 Å². The maximum Gasteiger partial charge on any atom is 0.373 e. The molecule has 3 rings (SSSR count). The Bertz CT molecular complexity index is 749. The highest BCUT2D eigenvalue weighted by molar-refractivity contribution is 5.95. The number of hydrogen-bond acceptors (Lipinski definition) is 6. The number of rotatable bonds is 5. The van der Waals surface area contributed by atoms with Crippen LogP contribution in [0.15, 0.2) is 24.3 Å². The van der Waals surface area contributed by atoms with E-state index in [2.05, 4.69) is 11.9 Å². The van der Waals surface area contributed by atoms with E-state index in [-0.39, 0.29) is 12.3 Å². The number of methoxy groups -OCH3 is 1. The molecular formula is C20H26N2O4. The minimum absolute atomic E-state index is 0.250. The van der Waals surface area contributed by atoms with Crippen molar-refractivity contribution in [3.8, 4) is 5.75 Å². The Morgan fingerprint density at radius 2 is 1.92 bits per heavy atom. The molecule has 6 nitrogen and oxygen atoms in total. The second-order valence-electron chi connectivity index (χ2n) is 6.51. The highest BCUT2D eigenvalue weighted by atomic mass is 16.5. The van der Waals surface area contributed by atoms with Gasteiger partial charge in [-0.25, -0.2) is 0 Å². The molecule has 1 heterocycles. The second-order valence-corrected chi connectivity index (χ2v) is 6.51. The number of fused-ring (bicyclic) bond motifs is 1. The minimum Gasteiger partial charge on any atom is -0.490 e. The number of aromatic nitrogens is 1. The Morgan fingerprint density at radius 1 is 1.23 bits per heavy atom. The first kappa shape index (κ1) is 19.9. The molecule has 0 spiro atoms. The van der Waals surface area contributed by atoms with Gasteiger partial charge in [-0.1, -0.05) is 13.0 Å². The van der Waals surface area contributed by atoms with Gasteiger partial charge in [-0.2, -0.15) is 9.59 Å². The number of nitrogen functional groups attached to an aromatic ring is 1. The molecule has 0 bridgehead atoms. The Balaban J connectivity index is 0.000000758. The fraction of sp³-hybridized carbons (Fsp3) is 0.500. The molecule has 140 valence electrons. The van der Waals surface area contributed by atoms with Crippen LogP contribution in [-0.2, 0) is 20.7 Å². The Morgan fingerprint density at radius 3 is 2.54 bits per heavy atom. The van der Waals surface area contributed by atoms with Crippen LogP contribution in [-0.4, -0.2) is 31.0 Å². The van der Waals surface area contributed by atoms with Crippen molar-refractivity contribution in [2.45, 2.75) is 45.1 Å². The molecule has 1 fully saturated rings. The van der Waals surface area contributed by atoms with E-state index < -0.39 is 0 Å². The highest BCUT2D eigenvalue weighted by Gasteiger charge is 2.23. The predicted molar refractivity (Wildman–Crippen MR) is 98.8 cm³/mol. The monoisotopic (exact) mass is 358 g/mol. The fourth-order valence-electron chi connectivity index (χ4n) is 3.45. The lowest BCUT2D eigenvalue weighted by Crippen LogP contribution is -2.26. The van der Waals surface area contributed by atoms with E-state index in [1.165, 1.54) is 0 Å². The Kier molecular flexibility index (Phi) is 7.57. The summed E-state index contributed by atoms with van der Waals surface area (Å²) >= 11 is 0. The highest BCUT2D eigenvalue weighted by Crippen LogP contribution is 2.34. The van der Waals surface area contributed by atoms with E-state index in [9.17, 15) is 0 Å². The Hall–Kier alpha value is -2.43. The Labute approximate surface area is 153 Å². The number of anilines is 1. The lowest BCUT2D eigenvalue weighted by molar-refractivity contribution is -0.191. The van der Waals surface area contributed by atoms with Gasteiger partial charge in [-0.3, -0.25) is 4.98 Å². The zero-order chi connectivity index (χ0) is 18.9. The lowest BCUT2D eigenvalue weighted by Gasteiger charge is -2.29. The number of nitrogens with zero attached hydrogens (tertiary/aromatic N) is 1. The number of pyridine rings is 1. The van der Waals surface area contributed by atoms with E-state index in [4.69, 9.17) is 24.8 Å². The molecule has 1 aliphatic rings. The van der Waals surface area contributed by atoms with Crippen molar-refractivity contribution >= 4 is 22.7 Å². The fourth-order valence-corrected chi connectivity index (χ4v) is 3.45. The molecule has 0 radical (unpaired) electrons. The van der Waals surface area contributed by atoms with Gasteiger partial charge < -0.3 is 15.2 Å². The predicted octanol–water partition coefficient (Wildman–Crippen LogP) is 3.38. The topological polar surface area (TPSA) is 91.5 Å². The van der Waals surface area contributed by atoms with Crippen molar-refractivity contribution in [1.82, 2.24) is 4.98 Å². The van der Waals surface area contributed by atoms with Crippen LogP contribution in [0.2, 0.25) is 0 Å². The molecule has 1 aromatic carbocycles. The third-order valence-electron chi connectivity index (χ3n) is 4.73. The third kappa shape index (κ3) is 5.04. The molecule has 0 aliphatic heterocycles. The first-order valence-corrected chi connectivity index (χ1v) is 8.95. The van der Waals surface area contributed by atoms with Gasteiger partial charge in [-0.05, 0) is 56.2 Å². The summed E-state index contributed by atoms with van der Waals surface area (Å²) in [4.78, 5) is 20.9. The molecule has 1 saturated carbocycles. The van der Waals surface area contributed by atoms with E-state index in [0.717, 1.165) is 66.7 Å². The maximum absolute atomic E-state index is 8.12. The summed E-state index contributed by atoms with van der Waals surface area (Å²) in [5, 5.41) is 0.948. The van der Waals surface area contributed by atoms with Gasteiger partial charge in [0.1, 0.15) is 5.75 Å². The zero-order valence-corrected chi connectivity index (χ0v) is 15.4. The van der Waals surface area contributed by atoms with Crippen LogP contribution in [0.4, 0.5) is 5.69 Å². The van der Waals surface area contributed by atoms with Gasteiger partial charge in [0.05, 0.1) is 17.0 Å². The van der Waals surface area contributed by atoms with Crippen LogP contribution < -0.4 is 10.5 Å². The summed E-state index contributed by atoms with van der Waals surface area (Å²) in [5.74, 6) is 1.54. The summed E-state index contributed by atoms with van der Waals surface area (Å²) in [5.41, 5.74) is 8.97. The van der Waals surface area contributed by atoms with Gasteiger partial charge in [-0.15, -0.1) is 0 Å². The van der Waals surface area contributed by atoms with Crippen molar-refractivity contribution in [3.63, 3.8) is 0 Å².